The minimum atomic E-state index is -1.66. The van der Waals surface area contributed by atoms with Gasteiger partial charge in [-0.25, -0.2) is 18.5 Å². The van der Waals surface area contributed by atoms with E-state index in [1.807, 2.05) is 72.8 Å². The smallest absolute Gasteiger partial charge is 0.423 e. The lowest BCUT2D eigenvalue weighted by atomic mass is 9.80. The zero-order chi connectivity index (χ0) is 32.9. The van der Waals surface area contributed by atoms with Crippen LogP contribution < -0.4 is 5.46 Å². The van der Waals surface area contributed by atoms with Crippen molar-refractivity contribution >= 4 is 35.6 Å². The molecule has 47 heavy (non-hydrogen) atoms. The zero-order valence-corrected chi connectivity index (χ0v) is 25.3. The van der Waals surface area contributed by atoms with Crippen molar-refractivity contribution in [2.24, 2.45) is 0 Å². The molecule has 0 aliphatic carbocycles. The number of aromatic nitrogens is 2. The molecule has 2 heterocycles. The van der Waals surface area contributed by atoms with E-state index in [-0.39, 0.29) is 21.5 Å². The average molecular weight is 649 g/mol. The molecule has 0 saturated carbocycles. The third-order valence-corrected chi connectivity index (χ3v) is 6.65. The molecule has 0 saturated heterocycles. The molecule has 6 nitrogen and oxygen atoms in total. The summed E-state index contributed by atoms with van der Waals surface area (Å²) >= 11 is 5.83. The Kier molecular flexibility index (Phi) is 13.4. The summed E-state index contributed by atoms with van der Waals surface area (Å²) in [6.07, 6.45) is 6.95. The minimum Gasteiger partial charge on any atom is -0.423 e. The van der Waals surface area contributed by atoms with Crippen molar-refractivity contribution < 1.29 is 23.5 Å². The largest absolute Gasteiger partial charge is 0.487 e. The van der Waals surface area contributed by atoms with E-state index in [0.717, 1.165) is 45.5 Å². The number of benzene rings is 4. The molecule has 11 heteroatoms. The fraction of sp³-hybridized carbons (Fsp3) is 0. The summed E-state index contributed by atoms with van der Waals surface area (Å²) in [4.78, 5) is 14.3. The van der Waals surface area contributed by atoms with E-state index in [9.17, 15) is 8.78 Å². The Balaban J connectivity index is 0.000000201. The SMILES string of the molecule is Clc1cncc(-c2ccccc2)c1.F.[C-]#[N+]c1cc(-c2cncc(-c3ccccc3)c2)ccc1F.[C-]#[N+]c1cc(B(O)O)ccc1F. The van der Waals surface area contributed by atoms with E-state index in [0.29, 0.717) is 5.02 Å². The summed E-state index contributed by atoms with van der Waals surface area (Å²) < 4.78 is 26.1. The van der Waals surface area contributed by atoms with Crippen LogP contribution in [0.4, 0.5) is 24.9 Å². The first kappa shape index (κ1) is 35.7. The van der Waals surface area contributed by atoms with Gasteiger partial charge in [-0.15, -0.1) is 0 Å². The Morgan fingerprint density at radius 3 is 1.53 bits per heavy atom. The van der Waals surface area contributed by atoms with E-state index < -0.39 is 18.8 Å². The number of hydrogen-bond donors (Lipinski definition) is 2. The van der Waals surface area contributed by atoms with E-state index in [1.165, 1.54) is 12.1 Å². The molecule has 0 aliphatic heterocycles. The fourth-order valence-corrected chi connectivity index (χ4v) is 4.31. The molecule has 0 fully saturated rings. The monoisotopic (exact) mass is 648 g/mol. The van der Waals surface area contributed by atoms with Crippen molar-refractivity contribution in [3.63, 3.8) is 0 Å². The van der Waals surface area contributed by atoms with Crippen LogP contribution in [0.3, 0.4) is 0 Å². The molecule has 0 amide bonds. The molecule has 0 bridgehead atoms. The van der Waals surface area contributed by atoms with Crippen LogP contribution in [0.25, 0.3) is 43.1 Å². The highest BCUT2D eigenvalue weighted by atomic mass is 35.5. The highest BCUT2D eigenvalue weighted by Gasteiger charge is 2.13. The maximum absolute atomic E-state index is 13.4. The van der Waals surface area contributed by atoms with Gasteiger partial charge in [-0.2, -0.15) is 0 Å². The molecule has 232 valence electrons. The second kappa shape index (κ2) is 17.6. The van der Waals surface area contributed by atoms with Gasteiger partial charge in [0.25, 0.3) is 0 Å². The minimum absolute atomic E-state index is 0. The summed E-state index contributed by atoms with van der Waals surface area (Å²) in [5, 5.41) is 18.0. The lowest BCUT2D eigenvalue weighted by Crippen LogP contribution is -2.29. The Hall–Kier alpha value is -5.78. The van der Waals surface area contributed by atoms with Crippen LogP contribution >= 0.6 is 11.6 Å². The standard InChI is InChI=1S/C18H11FN2.C11H8ClN.C7H5BFNO2.FH/c1-20-18-10-14(7-8-17(18)19)16-9-15(11-21-12-16)13-5-3-2-4-6-13;12-11-6-10(7-13-8-11)9-4-2-1-3-5-9;1-10-7-4-5(8(11)12)2-3-6(7)9;/h2-12H;1-8H;2-4,11-12H;1H. The first-order chi connectivity index (χ1) is 22.3. The molecule has 6 aromatic rings. The number of rotatable bonds is 4. The molecule has 0 atom stereocenters. The fourth-order valence-electron chi connectivity index (χ4n) is 4.14. The van der Waals surface area contributed by atoms with Gasteiger partial charge in [0.1, 0.15) is 11.6 Å². The predicted molar refractivity (Wildman–Crippen MR) is 181 cm³/mol. The van der Waals surface area contributed by atoms with E-state index in [4.69, 9.17) is 34.8 Å². The Labute approximate surface area is 275 Å². The second-order valence-corrected chi connectivity index (χ2v) is 10.00. The summed E-state index contributed by atoms with van der Waals surface area (Å²) in [5.74, 6) is -1.16. The van der Waals surface area contributed by atoms with Crippen LogP contribution in [0.15, 0.2) is 134 Å². The molecule has 0 unspecified atom stereocenters. The second-order valence-electron chi connectivity index (χ2n) is 9.56. The quantitative estimate of drug-likeness (QED) is 0.148. The van der Waals surface area contributed by atoms with Gasteiger partial charge in [-0.3, -0.25) is 14.7 Å². The first-order valence-corrected chi connectivity index (χ1v) is 14.0. The van der Waals surface area contributed by atoms with Gasteiger partial charge >= 0.3 is 7.12 Å². The van der Waals surface area contributed by atoms with E-state index in [1.54, 1.807) is 36.9 Å². The van der Waals surface area contributed by atoms with Gasteiger partial charge < -0.3 is 10.0 Å². The van der Waals surface area contributed by atoms with Crippen LogP contribution in [0.1, 0.15) is 0 Å². The van der Waals surface area contributed by atoms with E-state index >= 15 is 0 Å². The van der Waals surface area contributed by atoms with Gasteiger partial charge in [0.05, 0.1) is 18.2 Å². The molecule has 0 radical (unpaired) electrons. The van der Waals surface area contributed by atoms with Crippen LogP contribution in [0.5, 0.6) is 0 Å². The van der Waals surface area contributed by atoms with Crippen molar-refractivity contribution in [1.29, 1.82) is 0 Å². The zero-order valence-electron chi connectivity index (χ0n) is 24.5. The normalized spacial score (nSPS) is 9.60. The van der Waals surface area contributed by atoms with Crippen molar-refractivity contribution in [3.8, 4) is 33.4 Å². The summed E-state index contributed by atoms with van der Waals surface area (Å²) in [6, 6.07) is 31.7. The van der Waals surface area contributed by atoms with E-state index in [2.05, 4.69) is 19.7 Å². The van der Waals surface area contributed by atoms with Gasteiger partial charge in [0.15, 0.2) is 0 Å². The number of hydrogen-bond acceptors (Lipinski definition) is 4. The summed E-state index contributed by atoms with van der Waals surface area (Å²) in [6.45, 7) is 13.5. The van der Waals surface area contributed by atoms with Crippen molar-refractivity contribution in [2.75, 3.05) is 0 Å². The molecule has 0 aliphatic rings. The van der Waals surface area contributed by atoms with Gasteiger partial charge in [-0.1, -0.05) is 90.5 Å². The van der Waals surface area contributed by atoms with Crippen LogP contribution in [0, 0.1) is 24.8 Å². The maximum atomic E-state index is 13.4. The average Bonchev–Trinajstić information content (AvgIpc) is 3.10. The molecule has 6 rings (SSSR count). The summed E-state index contributed by atoms with van der Waals surface area (Å²) in [5.41, 5.74) is 5.82. The third-order valence-electron chi connectivity index (χ3n) is 6.45. The lowest BCUT2D eigenvalue weighted by Gasteiger charge is -2.06. The Morgan fingerprint density at radius 1 is 0.553 bits per heavy atom. The number of pyridine rings is 2. The van der Waals surface area contributed by atoms with Crippen LogP contribution in [-0.2, 0) is 0 Å². The topological polar surface area (TPSA) is 75.0 Å². The van der Waals surface area contributed by atoms with Gasteiger partial charge in [0.2, 0.25) is 11.4 Å². The number of halogens is 4. The maximum Gasteiger partial charge on any atom is 0.487 e. The van der Waals surface area contributed by atoms with Crippen molar-refractivity contribution in [1.82, 2.24) is 9.97 Å². The molecule has 2 aromatic heterocycles. The molecular weight excluding hydrogens is 624 g/mol. The van der Waals surface area contributed by atoms with Crippen LogP contribution in [-0.4, -0.2) is 27.1 Å². The Bertz CT molecular complexity index is 2000. The highest BCUT2D eigenvalue weighted by Crippen LogP contribution is 2.29. The third kappa shape index (κ3) is 10.1. The highest BCUT2D eigenvalue weighted by molar-refractivity contribution is 6.58. The van der Waals surface area contributed by atoms with Crippen molar-refractivity contribution in [2.45, 2.75) is 0 Å². The first-order valence-electron chi connectivity index (χ1n) is 13.7. The van der Waals surface area contributed by atoms with Crippen LogP contribution in [0.2, 0.25) is 5.02 Å². The molecular formula is C36H25BClF3N4O2. The van der Waals surface area contributed by atoms with Gasteiger partial charge in [0, 0.05) is 35.9 Å². The summed E-state index contributed by atoms with van der Waals surface area (Å²) in [7, 11) is -1.66. The van der Waals surface area contributed by atoms with Crippen molar-refractivity contribution in [3.05, 3.63) is 173 Å². The number of nitrogens with zero attached hydrogens (tertiary/aromatic N) is 4. The molecule has 0 spiro atoms. The van der Waals surface area contributed by atoms with Gasteiger partial charge in [-0.05, 0) is 58.0 Å². The lowest BCUT2D eigenvalue weighted by molar-refractivity contribution is 0.425. The predicted octanol–water partition coefficient (Wildman–Crippen LogP) is 8.72. The molecule has 2 N–H and O–H groups in total. The Morgan fingerprint density at radius 2 is 1.02 bits per heavy atom. The molecule has 4 aromatic carbocycles.